The van der Waals surface area contributed by atoms with Gasteiger partial charge in [0.15, 0.2) is 22.8 Å². The van der Waals surface area contributed by atoms with Gasteiger partial charge in [0.25, 0.3) is 0 Å². The van der Waals surface area contributed by atoms with Gasteiger partial charge in [-0.15, -0.1) is 0 Å². The number of ether oxygens (including phenoxy) is 2. The van der Waals surface area contributed by atoms with Crippen molar-refractivity contribution < 1.29 is 54.8 Å². The first-order chi connectivity index (χ1) is 19.2. The van der Waals surface area contributed by atoms with E-state index in [-0.39, 0.29) is 57.9 Å². The van der Waals surface area contributed by atoms with Gasteiger partial charge in [-0.2, -0.15) is 0 Å². The maximum absolute atomic E-state index is 14.0. The molecule has 11 heteroatoms. The second-order valence-corrected chi connectivity index (χ2v) is 11.6. The Hall–Kier alpha value is -4.06. The summed E-state index contributed by atoms with van der Waals surface area (Å²) in [5, 5.41) is 75.6. The molecule has 2 aromatic carbocycles. The maximum atomic E-state index is 14.0. The van der Waals surface area contributed by atoms with Crippen LogP contribution in [-0.2, 0) is 16.2 Å². The summed E-state index contributed by atoms with van der Waals surface area (Å²) < 4.78 is 12.0. The summed E-state index contributed by atoms with van der Waals surface area (Å²) in [5.74, 6) is -5.82. The lowest BCUT2D eigenvalue weighted by Crippen LogP contribution is -2.61. The lowest BCUT2D eigenvalue weighted by Gasteiger charge is -2.50. The number of carbonyl (C=O) groups excluding carboxylic acids is 2. The zero-order valence-corrected chi connectivity index (χ0v) is 22.5. The number of aryl methyl sites for hydroxylation is 1. The van der Waals surface area contributed by atoms with Crippen LogP contribution >= 0.6 is 0 Å². The van der Waals surface area contributed by atoms with Crippen molar-refractivity contribution in [2.75, 3.05) is 0 Å². The number of phenols is 2. The van der Waals surface area contributed by atoms with Crippen LogP contribution in [0.2, 0.25) is 0 Å². The molecule has 0 spiro atoms. The van der Waals surface area contributed by atoms with E-state index in [1.807, 2.05) is 0 Å². The Morgan fingerprint density at radius 1 is 0.756 bits per heavy atom. The van der Waals surface area contributed by atoms with Gasteiger partial charge in [-0.3, -0.25) is 9.59 Å². The highest BCUT2D eigenvalue weighted by molar-refractivity contribution is 6.13. The highest BCUT2D eigenvalue weighted by Crippen LogP contribution is 2.54. The molecule has 0 unspecified atom stereocenters. The average molecular weight is 567 g/mol. The van der Waals surface area contributed by atoms with Crippen LogP contribution in [0.4, 0.5) is 0 Å². The smallest absolute Gasteiger partial charge is 0.170 e. The quantitative estimate of drug-likeness (QED) is 0.282. The molecule has 0 bridgehead atoms. The van der Waals surface area contributed by atoms with Crippen LogP contribution in [0.3, 0.4) is 0 Å². The van der Waals surface area contributed by atoms with Crippen molar-refractivity contribution in [1.82, 2.24) is 0 Å². The summed E-state index contributed by atoms with van der Waals surface area (Å²) in [7, 11) is 0. The van der Waals surface area contributed by atoms with E-state index >= 15 is 0 Å². The van der Waals surface area contributed by atoms with E-state index < -0.39 is 70.7 Å². The number of fused-ring (bicyclic) bond motifs is 4. The van der Waals surface area contributed by atoms with Crippen LogP contribution in [0, 0.1) is 18.8 Å². The number of hydrogen-bond donors (Lipinski definition) is 7. The molecule has 41 heavy (non-hydrogen) atoms. The summed E-state index contributed by atoms with van der Waals surface area (Å²) in [6, 6.07) is 5.54. The molecule has 7 N–H and O–H groups in total. The molecule has 2 aliphatic carbocycles. The average Bonchev–Trinajstić information content (AvgIpc) is 2.87. The first-order valence-corrected chi connectivity index (χ1v) is 13.2. The van der Waals surface area contributed by atoms with E-state index in [9.17, 15) is 45.3 Å². The second kappa shape index (κ2) is 8.72. The standard InChI is InChI=1S/C30H30O11/c1-11-4-15(32)21-17(5-11)40-29(2)19(34)8-13(25(36)23(29)27(21)38)14-9-20(35)30(3)24(26(14)37)28(39)22-16(33)6-12(10-31)7-18(22)41-30/h4-7,13-14,19-20,31-35,38-39H,8-10H2,1-3H3/t13-,14-,19+,20+,29+,30+/m1/s1. The van der Waals surface area contributed by atoms with Crippen LogP contribution in [0.15, 0.2) is 35.4 Å². The van der Waals surface area contributed by atoms with E-state index in [2.05, 4.69) is 0 Å². The largest absolute Gasteiger partial charge is 0.507 e. The van der Waals surface area contributed by atoms with Crippen molar-refractivity contribution in [2.24, 2.45) is 11.8 Å². The summed E-state index contributed by atoms with van der Waals surface area (Å²) in [6.45, 7) is 4.12. The minimum Gasteiger partial charge on any atom is -0.507 e. The summed E-state index contributed by atoms with van der Waals surface area (Å²) in [4.78, 5) is 28.0. The first kappa shape index (κ1) is 27.1. The lowest BCUT2D eigenvalue weighted by atomic mass is 9.60. The molecule has 6 atom stereocenters. The Kier molecular flexibility index (Phi) is 5.77. The van der Waals surface area contributed by atoms with Crippen LogP contribution in [0.25, 0.3) is 11.5 Å². The summed E-state index contributed by atoms with van der Waals surface area (Å²) in [5.41, 5.74) is -3.46. The van der Waals surface area contributed by atoms with E-state index in [1.165, 1.54) is 32.0 Å². The number of rotatable bonds is 2. The number of phenolic OH excluding ortho intramolecular Hbond substituents is 2. The zero-order chi connectivity index (χ0) is 29.8. The third-order valence-corrected chi connectivity index (χ3v) is 9.01. The van der Waals surface area contributed by atoms with E-state index in [0.29, 0.717) is 5.56 Å². The highest BCUT2D eigenvalue weighted by Gasteiger charge is 2.61. The molecule has 0 amide bonds. The zero-order valence-electron chi connectivity index (χ0n) is 22.5. The van der Waals surface area contributed by atoms with Gasteiger partial charge < -0.3 is 45.2 Å². The normalized spacial score (nSPS) is 32.4. The highest BCUT2D eigenvalue weighted by atomic mass is 16.5. The Balaban J connectivity index is 1.46. The molecule has 216 valence electrons. The molecule has 0 aromatic heterocycles. The molecule has 6 rings (SSSR count). The molecule has 4 aliphatic rings. The minimum absolute atomic E-state index is 0.0360. The summed E-state index contributed by atoms with van der Waals surface area (Å²) in [6.07, 6.45) is -3.31. The fourth-order valence-corrected chi connectivity index (χ4v) is 6.80. The molecule has 11 nitrogen and oxygen atoms in total. The van der Waals surface area contributed by atoms with Gasteiger partial charge in [0.1, 0.15) is 45.6 Å². The van der Waals surface area contributed by atoms with Crippen molar-refractivity contribution in [3.05, 3.63) is 57.7 Å². The van der Waals surface area contributed by atoms with Crippen molar-refractivity contribution in [2.45, 2.75) is 63.6 Å². The summed E-state index contributed by atoms with van der Waals surface area (Å²) >= 11 is 0. The molecule has 2 heterocycles. The molecule has 0 saturated heterocycles. The topological polar surface area (TPSA) is 194 Å². The molecule has 2 saturated carbocycles. The van der Waals surface area contributed by atoms with Gasteiger partial charge in [-0.05, 0) is 69.0 Å². The number of aliphatic hydroxyl groups is 5. The van der Waals surface area contributed by atoms with Gasteiger partial charge >= 0.3 is 0 Å². The van der Waals surface area contributed by atoms with Gasteiger partial charge in [-0.1, -0.05) is 0 Å². The predicted octanol–water partition coefficient (Wildman–Crippen LogP) is 2.34. The number of ketones is 2. The third-order valence-electron chi connectivity index (χ3n) is 9.01. The van der Waals surface area contributed by atoms with Gasteiger partial charge in [0.05, 0.1) is 30.0 Å². The number of carbonyl (C=O) groups is 2. The van der Waals surface area contributed by atoms with Crippen LogP contribution in [-0.4, -0.2) is 70.7 Å². The van der Waals surface area contributed by atoms with E-state index in [4.69, 9.17) is 9.47 Å². The Morgan fingerprint density at radius 3 is 1.66 bits per heavy atom. The van der Waals surface area contributed by atoms with E-state index in [0.717, 1.165) is 0 Å². The second-order valence-electron chi connectivity index (χ2n) is 11.6. The van der Waals surface area contributed by atoms with Gasteiger partial charge in [-0.25, -0.2) is 0 Å². The van der Waals surface area contributed by atoms with Crippen LogP contribution in [0.5, 0.6) is 23.0 Å². The van der Waals surface area contributed by atoms with E-state index in [1.54, 1.807) is 13.0 Å². The van der Waals surface area contributed by atoms with Gasteiger partial charge in [0, 0.05) is 11.8 Å². The number of hydrogen-bond acceptors (Lipinski definition) is 11. The van der Waals surface area contributed by atoms with Crippen molar-refractivity contribution in [3.63, 3.8) is 0 Å². The van der Waals surface area contributed by atoms with Crippen LogP contribution < -0.4 is 9.47 Å². The van der Waals surface area contributed by atoms with Gasteiger partial charge in [0.2, 0.25) is 0 Å². The molecular formula is C30H30O11. The van der Waals surface area contributed by atoms with Crippen molar-refractivity contribution in [3.8, 4) is 23.0 Å². The number of aromatic hydroxyl groups is 2. The Bertz CT molecular complexity index is 1600. The molecule has 2 aliphatic heterocycles. The molecule has 2 fully saturated rings. The minimum atomic E-state index is -1.74. The van der Waals surface area contributed by atoms with Crippen molar-refractivity contribution in [1.29, 1.82) is 0 Å². The number of aliphatic hydroxyl groups excluding tert-OH is 5. The Labute approximate surface area is 234 Å². The first-order valence-electron chi connectivity index (χ1n) is 13.2. The lowest BCUT2D eigenvalue weighted by molar-refractivity contribution is -0.146. The molecule has 2 aromatic rings. The third kappa shape index (κ3) is 3.55. The Morgan fingerprint density at radius 2 is 1.20 bits per heavy atom. The SMILES string of the molecule is Cc1cc(O)c2c(c1)O[C@]1(C)C(=C2O)C(=O)[C@@H]([C@H]2C[C@H](O)[C@]3(C)Oc4cc(CO)cc(O)c4C(O)=C3C2=O)C[C@@H]1O. The van der Waals surface area contributed by atoms with Crippen LogP contribution in [0.1, 0.15) is 48.9 Å². The fourth-order valence-electron chi connectivity index (χ4n) is 6.80. The molecule has 0 radical (unpaired) electrons. The monoisotopic (exact) mass is 566 g/mol. The fraction of sp³-hybridized carbons (Fsp3) is 0.400. The number of Topliss-reactive ketones (excluding diaryl/α,β-unsaturated/α-hetero) is 2. The molecular weight excluding hydrogens is 536 g/mol. The van der Waals surface area contributed by atoms with Crippen molar-refractivity contribution >= 4 is 23.1 Å². The number of benzene rings is 2. The predicted molar refractivity (Wildman–Crippen MR) is 142 cm³/mol. The maximum Gasteiger partial charge on any atom is 0.170 e.